The molecule has 0 spiro atoms. The van der Waals surface area contributed by atoms with Crippen molar-refractivity contribution in [3.05, 3.63) is 77.0 Å². The first kappa shape index (κ1) is 12.5. The second kappa shape index (κ2) is 4.89. The van der Waals surface area contributed by atoms with E-state index in [1.807, 2.05) is 62.4 Å². The second-order valence-electron chi connectivity index (χ2n) is 4.98. The molecule has 0 amide bonds. The highest BCUT2D eigenvalue weighted by Crippen LogP contribution is 2.23. The maximum Gasteiger partial charge on any atom is 0.195 e. The van der Waals surface area contributed by atoms with E-state index < -0.39 is 0 Å². The van der Waals surface area contributed by atoms with Crippen molar-refractivity contribution < 1.29 is 4.79 Å². The second-order valence-corrected chi connectivity index (χ2v) is 4.98. The lowest BCUT2D eigenvalue weighted by molar-refractivity contribution is 0.103. The Kier molecular flexibility index (Phi) is 3.07. The summed E-state index contributed by atoms with van der Waals surface area (Å²) in [5, 5.41) is 0.990. The fourth-order valence-electron chi connectivity index (χ4n) is 2.59. The van der Waals surface area contributed by atoms with Gasteiger partial charge < -0.3 is 0 Å². The number of para-hydroxylation sites is 1. The van der Waals surface area contributed by atoms with Gasteiger partial charge in [-0.2, -0.15) is 0 Å². The summed E-state index contributed by atoms with van der Waals surface area (Å²) in [6.07, 6.45) is 1.73. The van der Waals surface area contributed by atoms with Crippen molar-refractivity contribution in [1.82, 2.24) is 4.98 Å². The molecule has 0 fully saturated rings. The standard InChI is InChI=1S/C18H15NO/c1-12-6-3-7-13(2)16(12)18(20)15-10-4-8-14-9-5-11-19-17(14)15/h3-11H,1-2H3. The van der Waals surface area contributed by atoms with Gasteiger partial charge in [0.25, 0.3) is 0 Å². The molecule has 0 N–H and O–H groups in total. The molecule has 0 saturated heterocycles. The van der Waals surface area contributed by atoms with Gasteiger partial charge in [0.2, 0.25) is 0 Å². The van der Waals surface area contributed by atoms with Crippen molar-refractivity contribution in [2.45, 2.75) is 13.8 Å². The SMILES string of the molecule is Cc1cccc(C)c1C(=O)c1cccc2cccnc12. The molecule has 2 heteroatoms. The molecular weight excluding hydrogens is 246 g/mol. The Balaban J connectivity index is 2.24. The molecule has 0 unspecified atom stereocenters. The van der Waals surface area contributed by atoms with Gasteiger partial charge in [-0.25, -0.2) is 0 Å². The molecule has 3 rings (SSSR count). The van der Waals surface area contributed by atoms with Crippen molar-refractivity contribution in [2.24, 2.45) is 0 Å². The first-order chi connectivity index (χ1) is 9.68. The molecule has 0 bridgehead atoms. The van der Waals surface area contributed by atoms with E-state index in [4.69, 9.17) is 0 Å². The Morgan fingerprint density at radius 3 is 2.30 bits per heavy atom. The van der Waals surface area contributed by atoms with Crippen LogP contribution in [0.4, 0.5) is 0 Å². The smallest absolute Gasteiger partial charge is 0.195 e. The van der Waals surface area contributed by atoms with Crippen LogP contribution in [0.3, 0.4) is 0 Å². The van der Waals surface area contributed by atoms with Gasteiger partial charge in [0.1, 0.15) is 0 Å². The third-order valence-electron chi connectivity index (χ3n) is 3.59. The monoisotopic (exact) mass is 261 g/mol. The summed E-state index contributed by atoms with van der Waals surface area (Å²) in [6.45, 7) is 3.94. The zero-order valence-corrected chi connectivity index (χ0v) is 11.6. The van der Waals surface area contributed by atoms with Crippen LogP contribution in [0.5, 0.6) is 0 Å². The number of rotatable bonds is 2. The van der Waals surface area contributed by atoms with E-state index in [0.717, 1.165) is 27.6 Å². The van der Waals surface area contributed by atoms with Crippen LogP contribution in [-0.2, 0) is 0 Å². The summed E-state index contributed by atoms with van der Waals surface area (Å²) in [6, 6.07) is 15.5. The minimum absolute atomic E-state index is 0.0462. The Labute approximate surface area is 118 Å². The van der Waals surface area contributed by atoms with Gasteiger partial charge in [0, 0.05) is 22.7 Å². The zero-order chi connectivity index (χ0) is 14.1. The van der Waals surface area contributed by atoms with Crippen LogP contribution in [0.15, 0.2) is 54.7 Å². The lowest BCUT2D eigenvalue weighted by Gasteiger charge is -2.10. The molecular formula is C18H15NO. The number of ketones is 1. The Bertz CT molecular complexity index is 780. The van der Waals surface area contributed by atoms with Crippen LogP contribution in [0.1, 0.15) is 27.0 Å². The maximum atomic E-state index is 12.9. The molecule has 3 aromatic rings. The molecule has 0 saturated carbocycles. The van der Waals surface area contributed by atoms with Crippen LogP contribution in [0.25, 0.3) is 10.9 Å². The van der Waals surface area contributed by atoms with E-state index in [2.05, 4.69) is 4.98 Å². The number of aromatic nitrogens is 1. The molecule has 0 aliphatic heterocycles. The molecule has 0 atom stereocenters. The molecule has 20 heavy (non-hydrogen) atoms. The lowest BCUT2D eigenvalue weighted by atomic mass is 9.94. The Hall–Kier alpha value is -2.48. The van der Waals surface area contributed by atoms with Gasteiger partial charge in [-0.3, -0.25) is 9.78 Å². The highest BCUT2D eigenvalue weighted by molar-refractivity contribution is 6.16. The van der Waals surface area contributed by atoms with Gasteiger partial charge in [-0.1, -0.05) is 36.4 Å². The number of carbonyl (C=O) groups excluding carboxylic acids is 1. The van der Waals surface area contributed by atoms with Crippen LogP contribution < -0.4 is 0 Å². The van der Waals surface area contributed by atoms with E-state index in [1.54, 1.807) is 6.20 Å². The van der Waals surface area contributed by atoms with E-state index in [9.17, 15) is 4.79 Å². The average molecular weight is 261 g/mol. The number of pyridine rings is 1. The molecule has 0 aliphatic rings. The van der Waals surface area contributed by atoms with Gasteiger partial charge in [-0.05, 0) is 37.1 Å². The summed E-state index contributed by atoms with van der Waals surface area (Å²) in [7, 11) is 0. The van der Waals surface area contributed by atoms with E-state index in [1.165, 1.54) is 0 Å². The summed E-state index contributed by atoms with van der Waals surface area (Å²) in [4.78, 5) is 17.2. The van der Waals surface area contributed by atoms with Crippen LogP contribution in [-0.4, -0.2) is 10.8 Å². The molecule has 2 aromatic carbocycles. The number of benzene rings is 2. The predicted molar refractivity (Wildman–Crippen MR) is 81.1 cm³/mol. The first-order valence-electron chi connectivity index (χ1n) is 6.63. The van der Waals surface area contributed by atoms with Gasteiger partial charge in [0.05, 0.1) is 5.52 Å². The first-order valence-corrected chi connectivity index (χ1v) is 6.63. The minimum Gasteiger partial charge on any atom is -0.289 e. The number of nitrogens with zero attached hydrogens (tertiary/aromatic N) is 1. The van der Waals surface area contributed by atoms with Crippen molar-refractivity contribution in [3.63, 3.8) is 0 Å². The third-order valence-corrected chi connectivity index (χ3v) is 3.59. The molecule has 1 aromatic heterocycles. The maximum absolute atomic E-state index is 12.9. The Morgan fingerprint density at radius 2 is 1.55 bits per heavy atom. The number of aryl methyl sites for hydroxylation is 2. The lowest BCUT2D eigenvalue weighted by Crippen LogP contribution is -2.07. The van der Waals surface area contributed by atoms with E-state index in [-0.39, 0.29) is 5.78 Å². The van der Waals surface area contributed by atoms with Crippen molar-refractivity contribution in [3.8, 4) is 0 Å². The van der Waals surface area contributed by atoms with Crippen LogP contribution in [0, 0.1) is 13.8 Å². The van der Waals surface area contributed by atoms with Gasteiger partial charge in [-0.15, -0.1) is 0 Å². The fourth-order valence-corrected chi connectivity index (χ4v) is 2.59. The minimum atomic E-state index is 0.0462. The topological polar surface area (TPSA) is 30.0 Å². The zero-order valence-electron chi connectivity index (χ0n) is 11.6. The number of carbonyl (C=O) groups is 1. The summed E-state index contributed by atoms with van der Waals surface area (Å²) in [5.41, 5.74) is 4.22. The summed E-state index contributed by atoms with van der Waals surface area (Å²) in [5.74, 6) is 0.0462. The van der Waals surface area contributed by atoms with Gasteiger partial charge >= 0.3 is 0 Å². The largest absolute Gasteiger partial charge is 0.289 e. The van der Waals surface area contributed by atoms with Crippen molar-refractivity contribution in [2.75, 3.05) is 0 Å². The molecule has 0 aliphatic carbocycles. The van der Waals surface area contributed by atoms with Gasteiger partial charge in [0.15, 0.2) is 5.78 Å². The third kappa shape index (κ3) is 1.99. The van der Waals surface area contributed by atoms with Crippen LogP contribution >= 0.6 is 0 Å². The summed E-state index contributed by atoms with van der Waals surface area (Å²) < 4.78 is 0. The number of hydrogen-bond donors (Lipinski definition) is 0. The fraction of sp³-hybridized carbons (Fsp3) is 0.111. The van der Waals surface area contributed by atoms with Crippen LogP contribution in [0.2, 0.25) is 0 Å². The van der Waals surface area contributed by atoms with Crippen molar-refractivity contribution >= 4 is 16.7 Å². The van der Waals surface area contributed by atoms with E-state index in [0.29, 0.717) is 5.56 Å². The predicted octanol–water partition coefficient (Wildman–Crippen LogP) is 4.08. The highest BCUT2D eigenvalue weighted by Gasteiger charge is 2.16. The van der Waals surface area contributed by atoms with Crippen molar-refractivity contribution in [1.29, 1.82) is 0 Å². The average Bonchev–Trinajstić information content (AvgIpc) is 2.46. The highest BCUT2D eigenvalue weighted by atomic mass is 16.1. The molecule has 2 nitrogen and oxygen atoms in total. The number of fused-ring (bicyclic) bond motifs is 1. The number of hydrogen-bond acceptors (Lipinski definition) is 2. The molecule has 0 radical (unpaired) electrons. The quantitative estimate of drug-likeness (QED) is 0.650. The summed E-state index contributed by atoms with van der Waals surface area (Å²) >= 11 is 0. The molecule has 1 heterocycles. The van der Waals surface area contributed by atoms with E-state index >= 15 is 0 Å². The Morgan fingerprint density at radius 1 is 0.900 bits per heavy atom. The molecule has 98 valence electrons. The normalized spacial score (nSPS) is 10.7.